The first kappa shape index (κ1) is 20.2. The van der Waals surface area contributed by atoms with Crippen LogP contribution in [-0.4, -0.2) is 48.9 Å². The van der Waals surface area contributed by atoms with Gasteiger partial charge in [0, 0.05) is 43.0 Å². The molecule has 25 heavy (non-hydrogen) atoms. The van der Waals surface area contributed by atoms with Crippen molar-refractivity contribution in [3.8, 4) is 0 Å². The zero-order chi connectivity index (χ0) is 18.5. The molecule has 1 amide bonds. The quantitative estimate of drug-likeness (QED) is 0.829. The van der Waals surface area contributed by atoms with Crippen LogP contribution in [0, 0.1) is 0 Å². The van der Waals surface area contributed by atoms with Gasteiger partial charge in [-0.3, -0.25) is 0 Å². The van der Waals surface area contributed by atoms with Gasteiger partial charge in [-0.05, 0) is 52.2 Å². The fraction of sp³-hybridized carbons (Fsp3) is 0.737. The van der Waals surface area contributed by atoms with Gasteiger partial charge >= 0.3 is 6.09 Å². The van der Waals surface area contributed by atoms with Crippen LogP contribution in [0.2, 0.25) is 0 Å². The van der Waals surface area contributed by atoms with Crippen molar-refractivity contribution in [3.63, 3.8) is 0 Å². The average molecular weight is 369 g/mol. The van der Waals surface area contributed by atoms with E-state index in [9.17, 15) is 4.79 Å². The lowest BCUT2D eigenvalue weighted by atomic mass is 9.91. The van der Waals surface area contributed by atoms with Crippen molar-refractivity contribution >= 4 is 17.4 Å². The number of ether oxygens (including phenoxy) is 2. The molecule has 0 unspecified atom stereocenters. The van der Waals surface area contributed by atoms with Crippen molar-refractivity contribution in [1.29, 1.82) is 0 Å². The molecule has 5 nitrogen and oxygen atoms in total. The van der Waals surface area contributed by atoms with E-state index in [1.807, 2.05) is 32.1 Å². The van der Waals surface area contributed by atoms with E-state index in [1.54, 1.807) is 12.0 Å². The van der Waals surface area contributed by atoms with Crippen LogP contribution >= 0.6 is 11.3 Å². The van der Waals surface area contributed by atoms with E-state index in [-0.39, 0.29) is 11.7 Å². The minimum absolute atomic E-state index is 0.205. The van der Waals surface area contributed by atoms with Crippen LogP contribution in [0.3, 0.4) is 0 Å². The number of carbonyl (C=O) groups is 1. The zero-order valence-electron chi connectivity index (χ0n) is 16.2. The van der Waals surface area contributed by atoms with Crippen molar-refractivity contribution in [3.05, 3.63) is 21.9 Å². The van der Waals surface area contributed by atoms with E-state index in [4.69, 9.17) is 9.47 Å². The summed E-state index contributed by atoms with van der Waals surface area (Å²) >= 11 is 1.86. The van der Waals surface area contributed by atoms with E-state index < -0.39 is 5.60 Å². The fourth-order valence-electron chi connectivity index (χ4n) is 3.00. The Hall–Kier alpha value is -1.11. The van der Waals surface area contributed by atoms with Crippen LogP contribution in [0.4, 0.5) is 4.79 Å². The molecule has 1 aromatic rings. The van der Waals surface area contributed by atoms with Crippen molar-refractivity contribution in [2.24, 2.45) is 0 Å². The highest BCUT2D eigenvalue weighted by Crippen LogP contribution is 2.26. The van der Waals surface area contributed by atoms with Crippen molar-refractivity contribution in [1.82, 2.24) is 10.2 Å². The number of piperidine rings is 1. The molecule has 0 aromatic carbocycles. The summed E-state index contributed by atoms with van der Waals surface area (Å²) in [6.07, 6.45) is 2.50. The summed E-state index contributed by atoms with van der Waals surface area (Å²) in [6, 6.07) is 4.40. The lowest BCUT2D eigenvalue weighted by molar-refractivity contribution is -0.0588. The van der Waals surface area contributed by atoms with Gasteiger partial charge in [-0.25, -0.2) is 4.79 Å². The van der Waals surface area contributed by atoms with Gasteiger partial charge in [-0.1, -0.05) is 6.92 Å². The predicted molar refractivity (Wildman–Crippen MR) is 102 cm³/mol. The smallest absolute Gasteiger partial charge is 0.410 e. The normalized spacial score (nSPS) is 17.6. The van der Waals surface area contributed by atoms with Gasteiger partial charge in [0.1, 0.15) is 5.60 Å². The maximum atomic E-state index is 12.2. The number of amides is 1. The van der Waals surface area contributed by atoms with E-state index in [0.29, 0.717) is 13.1 Å². The largest absolute Gasteiger partial charge is 0.444 e. The summed E-state index contributed by atoms with van der Waals surface area (Å²) in [5.41, 5.74) is -0.657. The van der Waals surface area contributed by atoms with Crippen LogP contribution in [0.25, 0.3) is 0 Å². The molecule has 1 N–H and O–H groups in total. The first-order valence-electron chi connectivity index (χ1n) is 9.08. The summed E-state index contributed by atoms with van der Waals surface area (Å²) < 4.78 is 11.3. The Morgan fingerprint density at radius 2 is 1.92 bits per heavy atom. The molecule has 0 spiro atoms. The second kappa shape index (κ2) is 8.52. The van der Waals surface area contributed by atoms with Crippen LogP contribution in [-0.2, 0) is 22.4 Å². The van der Waals surface area contributed by atoms with Crippen molar-refractivity contribution < 1.29 is 14.3 Å². The van der Waals surface area contributed by atoms with Gasteiger partial charge in [-0.15, -0.1) is 11.3 Å². The Bertz CT molecular complexity index is 557. The number of carbonyl (C=O) groups excluding carboxylic acids is 1. The molecule has 2 heterocycles. The third-order valence-electron chi connectivity index (χ3n) is 4.57. The topological polar surface area (TPSA) is 50.8 Å². The van der Waals surface area contributed by atoms with Gasteiger partial charge in [0.2, 0.25) is 0 Å². The van der Waals surface area contributed by atoms with Crippen LogP contribution in [0.5, 0.6) is 0 Å². The molecule has 0 aliphatic carbocycles. The number of aryl methyl sites for hydroxylation is 1. The lowest BCUT2D eigenvalue weighted by Gasteiger charge is -2.41. The Balaban J connectivity index is 1.81. The van der Waals surface area contributed by atoms with Crippen LogP contribution in [0.1, 0.15) is 50.3 Å². The van der Waals surface area contributed by atoms with E-state index in [1.165, 1.54) is 9.75 Å². The maximum Gasteiger partial charge on any atom is 0.410 e. The summed E-state index contributed by atoms with van der Waals surface area (Å²) in [6.45, 7) is 10.9. The van der Waals surface area contributed by atoms with E-state index in [0.717, 1.165) is 32.4 Å². The molecule has 0 saturated carbocycles. The third kappa shape index (κ3) is 5.97. The van der Waals surface area contributed by atoms with Crippen molar-refractivity contribution in [2.75, 3.05) is 26.7 Å². The van der Waals surface area contributed by atoms with E-state index >= 15 is 0 Å². The molecule has 6 heteroatoms. The number of thiophene rings is 1. The third-order valence-corrected chi connectivity index (χ3v) is 5.80. The number of rotatable bonds is 6. The number of hydrogen-bond donors (Lipinski definition) is 1. The number of likely N-dealkylation sites (tertiary alicyclic amines) is 1. The van der Waals surface area contributed by atoms with Crippen LogP contribution in [0.15, 0.2) is 12.1 Å². The second-order valence-corrected chi connectivity index (χ2v) is 8.93. The minimum atomic E-state index is -0.452. The Morgan fingerprint density at radius 1 is 1.28 bits per heavy atom. The number of nitrogens with one attached hydrogen (secondary N) is 1. The molecule has 1 aliphatic heterocycles. The van der Waals surface area contributed by atoms with Gasteiger partial charge in [0.05, 0.1) is 5.60 Å². The highest BCUT2D eigenvalue weighted by Gasteiger charge is 2.36. The molecule has 0 radical (unpaired) electrons. The molecule has 142 valence electrons. The summed E-state index contributed by atoms with van der Waals surface area (Å²) in [5, 5.41) is 3.53. The molecule has 1 aliphatic rings. The number of methoxy groups -OCH3 is 1. The van der Waals surface area contributed by atoms with Gasteiger partial charge in [0.25, 0.3) is 0 Å². The average Bonchev–Trinajstić information content (AvgIpc) is 3.02. The monoisotopic (exact) mass is 368 g/mol. The minimum Gasteiger partial charge on any atom is -0.444 e. The first-order chi connectivity index (χ1) is 11.8. The fourth-order valence-corrected chi connectivity index (χ4v) is 3.92. The standard InChI is InChI=1S/C19H32N2O3S/c1-6-15-7-8-16(25-15)13-20-14-19(23-5)9-11-21(12-10-19)17(22)24-18(2,3)4/h7-8,20H,6,9-14H2,1-5H3. The Labute approximate surface area is 155 Å². The predicted octanol–water partition coefficient (Wildman–Crippen LogP) is 3.82. The second-order valence-electron chi connectivity index (χ2n) is 7.68. The van der Waals surface area contributed by atoms with Crippen LogP contribution < -0.4 is 5.32 Å². The molecular formula is C19H32N2O3S. The number of hydrogen-bond acceptors (Lipinski definition) is 5. The maximum absolute atomic E-state index is 12.2. The van der Waals surface area contributed by atoms with Crippen molar-refractivity contribution in [2.45, 2.75) is 64.7 Å². The Kier molecular flexibility index (Phi) is 6.88. The molecule has 1 saturated heterocycles. The van der Waals surface area contributed by atoms with Gasteiger partial charge in [-0.2, -0.15) is 0 Å². The van der Waals surface area contributed by atoms with Gasteiger partial charge < -0.3 is 19.7 Å². The summed E-state index contributed by atoms with van der Waals surface area (Å²) in [5.74, 6) is 0. The van der Waals surface area contributed by atoms with Gasteiger partial charge in [0.15, 0.2) is 0 Å². The highest BCUT2D eigenvalue weighted by molar-refractivity contribution is 7.11. The first-order valence-corrected chi connectivity index (χ1v) is 9.90. The molecule has 0 bridgehead atoms. The Morgan fingerprint density at radius 3 is 2.44 bits per heavy atom. The molecule has 0 atom stereocenters. The SMILES string of the molecule is CCc1ccc(CNCC2(OC)CCN(C(=O)OC(C)(C)C)CC2)s1. The molecule has 1 fully saturated rings. The molecule has 2 rings (SSSR count). The molecule has 1 aromatic heterocycles. The summed E-state index contributed by atoms with van der Waals surface area (Å²) in [4.78, 5) is 16.8. The molecular weight excluding hydrogens is 336 g/mol. The van der Waals surface area contributed by atoms with E-state index in [2.05, 4.69) is 24.4 Å². The number of nitrogens with zero attached hydrogens (tertiary/aromatic N) is 1. The zero-order valence-corrected chi connectivity index (χ0v) is 17.0. The highest BCUT2D eigenvalue weighted by atomic mass is 32.1. The summed E-state index contributed by atoms with van der Waals surface area (Å²) in [7, 11) is 1.77. The lowest BCUT2D eigenvalue weighted by Crippen LogP contribution is -2.52.